The molecular formula is C7H14N2. The van der Waals surface area contributed by atoms with Crippen molar-refractivity contribution in [2.24, 2.45) is 5.73 Å². The molecule has 0 aliphatic rings. The highest BCUT2D eigenvalue weighted by molar-refractivity contribution is 5.12. The molecule has 2 heteroatoms. The smallest absolute Gasteiger partial charge is 0.0415 e. The molecule has 0 rings (SSSR count). The predicted octanol–water partition coefficient (Wildman–Crippen LogP) is 0.623. The van der Waals surface area contributed by atoms with E-state index in [4.69, 9.17) is 5.73 Å². The zero-order chi connectivity index (χ0) is 7.28. The van der Waals surface area contributed by atoms with Crippen molar-refractivity contribution in [2.45, 2.75) is 13.0 Å². The van der Waals surface area contributed by atoms with Gasteiger partial charge >= 0.3 is 0 Å². The van der Waals surface area contributed by atoms with Crippen molar-refractivity contribution in [2.75, 3.05) is 7.05 Å². The maximum absolute atomic E-state index is 5.55. The Bertz CT molecular complexity index is 114. The standard InChI is InChI=1S/C7H14N2/c1-4-5-7(9-3)6(2)8/h4-6,9H,1,8H2,2-3H3/b7-5-. The highest BCUT2D eigenvalue weighted by atomic mass is 14.9. The van der Waals surface area contributed by atoms with Gasteiger partial charge in [-0.1, -0.05) is 12.7 Å². The molecule has 0 spiro atoms. The molecule has 0 aromatic heterocycles. The number of hydrogen-bond donors (Lipinski definition) is 2. The summed E-state index contributed by atoms with van der Waals surface area (Å²) in [5.41, 5.74) is 6.56. The monoisotopic (exact) mass is 126 g/mol. The lowest BCUT2D eigenvalue weighted by Gasteiger charge is -2.08. The third-order valence-corrected chi connectivity index (χ3v) is 1.08. The van der Waals surface area contributed by atoms with Crippen LogP contribution in [0.15, 0.2) is 24.4 Å². The zero-order valence-corrected chi connectivity index (χ0v) is 6.02. The molecular weight excluding hydrogens is 112 g/mol. The third kappa shape index (κ3) is 2.93. The Morgan fingerprint density at radius 1 is 1.78 bits per heavy atom. The SMILES string of the molecule is C=C/C=C(\NC)C(C)N. The lowest BCUT2D eigenvalue weighted by Crippen LogP contribution is -2.25. The Labute approximate surface area is 56.4 Å². The molecule has 0 fully saturated rings. The molecule has 0 saturated heterocycles. The molecule has 0 amide bonds. The summed E-state index contributed by atoms with van der Waals surface area (Å²) in [4.78, 5) is 0. The van der Waals surface area contributed by atoms with Crippen molar-refractivity contribution in [1.82, 2.24) is 5.32 Å². The quantitative estimate of drug-likeness (QED) is 0.544. The number of nitrogens with one attached hydrogen (secondary N) is 1. The molecule has 0 heterocycles. The van der Waals surface area contributed by atoms with E-state index in [1.54, 1.807) is 6.08 Å². The molecule has 2 nitrogen and oxygen atoms in total. The van der Waals surface area contributed by atoms with Gasteiger partial charge in [0.05, 0.1) is 0 Å². The van der Waals surface area contributed by atoms with E-state index in [0.29, 0.717) is 0 Å². The van der Waals surface area contributed by atoms with E-state index in [9.17, 15) is 0 Å². The van der Waals surface area contributed by atoms with Gasteiger partial charge in [-0.25, -0.2) is 0 Å². The van der Waals surface area contributed by atoms with Crippen LogP contribution in [0.4, 0.5) is 0 Å². The molecule has 9 heavy (non-hydrogen) atoms. The second-order valence-electron chi connectivity index (χ2n) is 1.90. The third-order valence-electron chi connectivity index (χ3n) is 1.08. The molecule has 1 atom stereocenters. The average molecular weight is 126 g/mol. The summed E-state index contributed by atoms with van der Waals surface area (Å²) in [6.45, 7) is 5.48. The summed E-state index contributed by atoms with van der Waals surface area (Å²) in [6, 6.07) is 0.0630. The lowest BCUT2D eigenvalue weighted by molar-refractivity contribution is 0.774. The molecule has 0 aromatic rings. The Kier molecular flexibility index (Phi) is 3.80. The Morgan fingerprint density at radius 2 is 2.33 bits per heavy atom. The Morgan fingerprint density at radius 3 is 2.44 bits per heavy atom. The van der Waals surface area contributed by atoms with E-state index in [0.717, 1.165) is 5.70 Å². The van der Waals surface area contributed by atoms with Gasteiger partial charge in [0, 0.05) is 18.8 Å². The second kappa shape index (κ2) is 4.15. The molecule has 0 aliphatic heterocycles. The van der Waals surface area contributed by atoms with Crippen molar-refractivity contribution >= 4 is 0 Å². The maximum atomic E-state index is 5.55. The predicted molar refractivity (Wildman–Crippen MR) is 41.0 cm³/mol. The molecule has 0 bridgehead atoms. The van der Waals surface area contributed by atoms with Gasteiger partial charge in [0.2, 0.25) is 0 Å². The van der Waals surface area contributed by atoms with Gasteiger partial charge < -0.3 is 11.1 Å². The number of nitrogens with two attached hydrogens (primary N) is 1. The summed E-state index contributed by atoms with van der Waals surface area (Å²) in [5.74, 6) is 0. The van der Waals surface area contributed by atoms with Crippen LogP contribution in [0, 0.1) is 0 Å². The van der Waals surface area contributed by atoms with Crippen LogP contribution in [-0.4, -0.2) is 13.1 Å². The van der Waals surface area contributed by atoms with Gasteiger partial charge in [0.25, 0.3) is 0 Å². The van der Waals surface area contributed by atoms with Crippen molar-refractivity contribution in [3.05, 3.63) is 24.4 Å². The number of rotatable bonds is 3. The maximum Gasteiger partial charge on any atom is 0.0415 e. The number of hydrogen-bond acceptors (Lipinski definition) is 2. The Balaban J connectivity index is 3.96. The van der Waals surface area contributed by atoms with Crippen molar-refractivity contribution in [3.63, 3.8) is 0 Å². The molecule has 3 N–H and O–H groups in total. The topological polar surface area (TPSA) is 38.0 Å². The fourth-order valence-electron chi connectivity index (χ4n) is 0.590. The fraction of sp³-hybridized carbons (Fsp3) is 0.429. The van der Waals surface area contributed by atoms with Gasteiger partial charge in [0.15, 0.2) is 0 Å². The van der Waals surface area contributed by atoms with Crippen LogP contribution in [0.1, 0.15) is 6.92 Å². The molecule has 1 unspecified atom stereocenters. The summed E-state index contributed by atoms with van der Waals surface area (Å²) < 4.78 is 0. The highest BCUT2D eigenvalue weighted by Gasteiger charge is 1.96. The number of likely N-dealkylation sites (N-methyl/N-ethyl adjacent to an activating group) is 1. The van der Waals surface area contributed by atoms with E-state index in [2.05, 4.69) is 11.9 Å². The summed E-state index contributed by atoms with van der Waals surface area (Å²) >= 11 is 0. The minimum Gasteiger partial charge on any atom is -0.390 e. The molecule has 0 aliphatic carbocycles. The largest absolute Gasteiger partial charge is 0.390 e. The van der Waals surface area contributed by atoms with Crippen LogP contribution in [-0.2, 0) is 0 Å². The van der Waals surface area contributed by atoms with Crippen LogP contribution < -0.4 is 11.1 Å². The van der Waals surface area contributed by atoms with Crippen molar-refractivity contribution < 1.29 is 0 Å². The normalized spacial score (nSPS) is 14.8. The van der Waals surface area contributed by atoms with Crippen LogP contribution in [0.2, 0.25) is 0 Å². The van der Waals surface area contributed by atoms with Crippen LogP contribution >= 0.6 is 0 Å². The van der Waals surface area contributed by atoms with Gasteiger partial charge in [-0.15, -0.1) is 0 Å². The first-order valence-corrected chi connectivity index (χ1v) is 2.98. The van der Waals surface area contributed by atoms with Gasteiger partial charge in [-0.3, -0.25) is 0 Å². The lowest BCUT2D eigenvalue weighted by atomic mass is 10.2. The van der Waals surface area contributed by atoms with E-state index in [1.807, 2.05) is 20.0 Å². The zero-order valence-electron chi connectivity index (χ0n) is 6.02. The van der Waals surface area contributed by atoms with Gasteiger partial charge in [-0.2, -0.15) is 0 Å². The Hall–Kier alpha value is -0.760. The van der Waals surface area contributed by atoms with E-state index < -0.39 is 0 Å². The highest BCUT2D eigenvalue weighted by Crippen LogP contribution is 1.92. The first-order chi connectivity index (χ1) is 4.22. The molecule has 0 aromatic carbocycles. The number of allylic oxidation sites excluding steroid dienone is 2. The van der Waals surface area contributed by atoms with Crippen molar-refractivity contribution in [1.29, 1.82) is 0 Å². The van der Waals surface area contributed by atoms with E-state index in [1.165, 1.54) is 0 Å². The van der Waals surface area contributed by atoms with Crippen molar-refractivity contribution in [3.8, 4) is 0 Å². The average Bonchev–Trinajstić information content (AvgIpc) is 1.82. The van der Waals surface area contributed by atoms with Gasteiger partial charge in [-0.05, 0) is 13.0 Å². The first kappa shape index (κ1) is 8.24. The fourth-order valence-corrected chi connectivity index (χ4v) is 0.590. The summed E-state index contributed by atoms with van der Waals surface area (Å²) in [7, 11) is 1.85. The van der Waals surface area contributed by atoms with Crippen LogP contribution in [0.5, 0.6) is 0 Å². The minimum atomic E-state index is 0.0630. The second-order valence-corrected chi connectivity index (χ2v) is 1.90. The minimum absolute atomic E-state index is 0.0630. The van der Waals surface area contributed by atoms with Gasteiger partial charge in [0.1, 0.15) is 0 Å². The van der Waals surface area contributed by atoms with Crippen LogP contribution in [0.25, 0.3) is 0 Å². The first-order valence-electron chi connectivity index (χ1n) is 2.98. The van der Waals surface area contributed by atoms with Crippen LogP contribution in [0.3, 0.4) is 0 Å². The van der Waals surface area contributed by atoms with E-state index in [-0.39, 0.29) is 6.04 Å². The molecule has 52 valence electrons. The summed E-state index contributed by atoms with van der Waals surface area (Å²) in [6.07, 6.45) is 3.58. The molecule has 0 saturated carbocycles. The van der Waals surface area contributed by atoms with E-state index >= 15 is 0 Å². The molecule has 0 radical (unpaired) electrons. The summed E-state index contributed by atoms with van der Waals surface area (Å²) in [5, 5.41) is 2.97.